The average Bonchev–Trinajstić information content (AvgIpc) is 3.20. The lowest BCUT2D eigenvalue weighted by molar-refractivity contribution is -0.137. The Balaban J connectivity index is 1.60. The van der Waals surface area contributed by atoms with Gasteiger partial charge in [0.05, 0.1) is 17.3 Å². The summed E-state index contributed by atoms with van der Waals surface area (Å²) < 4.78 is 52.4. The van der Waals surface area contributed by atoms with E-state index in [2.05, 4.69) is 25.7 Å². The number of anilines is 3. The number of nitrogens with zero attached hydrogens (tertiary/aromatic N) is 4. The number of aryl methyl sites for hydroxylation is 2. The molecule has 1 atom stereocenters. The number of alkyl halides is 3. The second-order valence-electron chi connectivity index (χ2n) is 7.94. The Morgan fingerprint density at radius 2 is 1.83 bits per heavy atom. The molecule has 0 aliphatic carbocycles. The summed E-state index contributed by atoms with van der Waals surface area (Å²) in [4.78, 5) is 20.9. The Labute approximate surface area is 207 Å². The van der Waals surface area contributed by atoms with Crippen molar-refractivity contribution in [3.63, 3.8) is 0 Å². The van der Waals surface area contributed by atoms with E-state index in [4.69, 9.17) is 0 Å². The molecule has 0 radical (unpaired) electrons. The molecule has 0 bridgehead atoms. The van der Waals surface area contributed by atoms with Crippen LogP contribution in [0.4, 0.5) is 30.4 Å². The minimum Gasteiger partial charge on any atom is -0.610 e. The Kier molecular flexibility index (Phi) is 7.00. The number of hydrogen-bond donors (Lipinski definition) is 2. The highest BCUT2D eigenvalue weighted by molar-refractivity contribution is 7.90. The van der Waals surface area contributed by atoms with Gasteiger partial charge in [-0.1, -0.05) is 12.1 Å². The van der Waals surface area contributed by atoms with Gasteiger partial charge in [0.1, 0.15) is 18.4 Å². The Morgan fingerprint density at radius 1 is 1.06 bits per heavy atom. The highest BCUT2D eigenvalue weighted by Gasteiger charge is 2.31. The van der Waals surface area contributed by atoms with Crippen molar-refractivity contribution in [3.05, 3.63) is 83.3 Å². The lowest BCUT2D eigenvalue weighted by Gasteiger charge is -2.14. The van der Waals surface area contributed by atoms with Crippen molar-refractivity contribution in [3.8, 4) is 5.82 Å². The van der Waals surface area contributed by atoms with Gasteiger partial charge in [0.2, 0.25) is 5.03 Å². The van der Waals surface area contributed by atoms with Crippen LogP contribution in [0.25, 0.3) is 5.82 Å². The van der Waals surface area contributed by atoms with Crippen LogP contribution in [0.15, 0.2) is 66.0 Å². The number of rotatable bonds is 6. The van der Waals surface area contributed by atoms with E-state index in [1.807, 2.05) is 6.92 Å². The minimum absolute atomic E-state index is 0.110. The summed E-state index contributed by atoms with van der Waals surface area (Å²) in [7, 11) is 0. The number of benzene rings is 2. The quantitative estimate of drug-likeness (QED) is 0.276. The van der Waals surface area contributed by atoms with Gasteiger partial charge in [0, 0.05) is 34.2 Å². The first kappa shape index (κ1) is 25.2. The van der Waals surface area contributed by atoms with Crippen LogP contribution < -0.4 is 10.6 Å². The van der Waals surface area contributed by atoms with Gasteiger partial charge in [0.15, 0.2) is 5.82 Å². The Morgan fingerprint density at radius 3 is 2.56 bits per heavy atom. The largest absolute Gasteiger partial charge is 0.610 e. The molecule has 2 aromatic carbocycles. The fourth-order valence-corrected chi connectivity index (χ4v) is 3.85. The van der Waals surface area contributed by atoms with Crippen LogP contribution in [0.1, 0.15) is 27.2 Å². The lowest BCUT2D eigenvalue weighted by Crippen LogP contribution is -2.14. The summed E-state index contributed by atoms with van der Waals surface area (Å²) in [6.07, 6.45) is -1.72. The first-order chi connectivity index (χ1) is 17.0. The molecule has 0 saturated heterocycles. The zero-order valence-electron chi connectivity index (χ0n) is 19.4. The fourth-order valence-electron chi connectivity index (χ4n) is 3.38. The van der Waals surface area contributed by atoms with Crippen molar-refractivity contribution < 1.29 is 22.5 Å². The molecule has 186 valence electrons. The predicted octanol–water partition coefficient (Wildman–Crippen LogP) is 5.03. The number of carbonyl (C=O) groups excluding carboxylic acids is 1. The topological polar surface area (TPSA) is 108 Å². The number of halogens is 3. The molecule has 0 fully saturated rings. The van der Waals surface area contributed by atoms with E-state index in [0.29, 0.717) is 33.7 Å². The molecule has 1 unspecified atom stereocenters. The van der Waals surface area contributed by atoms with E-state index in [1.165, 1.54) is 24.7 Å². The zero-order chi connectivity index (χ0) is 26.0. The Bertz CT molecular complexity index is 1420. The summed E-state index contributed by atoms with van der Waals surface area (Å²) >= 11 is -1.30. The maximum absolute atomic E-state index is 13.0. The third-order valence-electron chi connectivity index (χ3n) is 5.18. The fraction of sp³-hybridized carbons (Fsp3) is 0.167. The molecule has 4 aromatic rings. The smallest absolute Gasteiger partial charge is 0.416 e. The first-order valence-electron chi connectivity index (χ1n) is 10.6. The summed E-state index contributed by atoms with van der Waals surface area (Å²) in [5.74, 6) is 0.304. The van der Waals surface area contributed by atoms with E-state index >= 15 is 0 Å². The molecule has 0 saturated carbocycles. The van der Waals surface area contributed by atoms with Crippen molar-refractivity contribution in [2.24, 2.45) is 0 Å². The van der Waals surface area contributed by atoms with Crippen molar-refractivity contribution in [1.82, 2.24) is 19.7 Å². The van der Waals surface area contributed by atoms with Crippen LogP contribution >= 0.6 is 0 Å². The van der Waals surface area contributed by atoms with Gasteiger partial charge >= 0.3 is 6.18 Å². The van der Waals surface area contributed by atoms with Gasteiger partial charge in [-0.2, -0.15) is 27.9 Å². The number of nitrogens with one attached hydrogen (secondary N) is 2. The molecule has 8 nitrogen and oxygen atoms in total. The third-order valence-corrected chi connectivity index (χ3v) is 5.99. The molecule has 2 aromatic heterocycles. The molecule has 2 heterocycles. The van der Waals surface area contributed by atoms with Crippen LogP contribution in [0, 0.1) is 13.8 Å². The first-order valence-corrected chi connectivity index (χ1v) is 12.2. The molecule has 0 aliphatic heterocycles. The Hall–Kier alpha value is -3.90. The van der Waals surface area contributed by atoms with E-state index in [-0.39, 0.29) is 5.56 Å². The summed E-state index contributed by atoms with van der Waals surface area (Å²) in [5, 5.41) is 10.7. The SMILES string of the molecule is Cc1cc(Nc2cc(NC(=O)c3cccc(C(F)(F)F)c3)ccc2C)n(-c2cc([S+](C)[O-])ncn2)n1. The van der Waals surface area contributed by atoms with Crippen LogP contribution in [0.3, 0.4) is 0 Å². The molecule has 2 N–H and O–H groups in total. The minimum atomic E-state index is -4.55. The zero-order valence-corrected chi connectivity index (χ0v) is 20.2. The van der Waals surface area contributed by atoms with Crippen molar-refractivity contribution in [2.45, 2.75) is 25.0 Å². The molecule has 0 spiro atoms. The maximum Gasteiger partial charge on any atom is 0.416 e. The van der Waals surface area contributed by atoms with E-state index in [1.54, 1.807) is 41.9 Å². The van der Waals surface area contributed by atoms with E-state index in [9.17, 15) is 22.5 Å². The van der Waals surface area contributed by atoms with Gasteiger partial charge in [-0.05, 0) is 49.7 Å². The normalized spacial score (nSPS) is 12.3. The highest BCUT2D eigenvalue weighted by Crippen LogP contribution is 2.30. The van der Waals surface area contributed by atoms with E-state index in [0.717, 1.165) is 17.7 Å². The van der Waals surface area contributed by atoms with Crippen molar-refractivity contribution in [2.75, 3.05) is 16.9 Å². The molecule has 4 rings (SSSR count). The summed E-state index contributed by atoms with van der Waals surface area (Å²) in [6.45, 7) is 3.66. The molecular formula is C24H21F3N6O2S. The third kappa shape index (κ3) is 5.66. The molecule has 36 heavy (non-hydrogen) atoms. The molecular weight excluding hydrogens is 493 g/mol. The van der Waals surface area contributed by atoms with Gasteiger partial charge in [-0.3, -0.25) is 4.79 Å². The van der Waals surface area contributed by atoms with Gasteiger partial charge in [-0.15, -0.1) is 0 Å². The van der Waals surface area contributed by atoms with Gasteiger partial charge in [0.25, 0.3) is 5.91 Å². The standard InChI is InChI=1S/C24H21F3N6O2S/c1-14-7-8-18(30-23(34)16-5-4-6-17(10-16)24(25,26)27)11-19(14)31-21-9-15(2)32-33(21)20-12-22(36(3)35)29-13-28-20/h4-13,31H,1-3H3,(H,30,34). The molecule has 1 amide bonds. The van der Waals surface area contributed by atoms with Crippen LogP contribution in [-0.2, 0) is 17.4 Å². The number of amides is 1. The lowest BCUT2D eigenvalue weighted by atomic mass is 10.1. The monoisotopic (exact) mass is 514 g/mol. The second kappa shape index (κ2) is 9.99. The van der Waals surface area contributed by atoms with E-state index < -0.39 is 28.8 Å². The van der Waals surface area contributed by atoms with Crippen LogP contribution in [-0.4, -0.2) is 36.5 Å². The average molecular weight is 515 g/mol. The number of aromatic nitrogens is 4. The summed E-state index contributed by atoms with van der Waals surface area (Å²) in [6, 6.07) is 12.7. The van der Waals surface area contributed by atoms with Gasteiger partial charge < -0.3 is 15.2 Å². The summed E-state index contributed by atoms with van der Waals surface area (Å²) in [5.41, 5.74) is 1.55. The molecule has 12 heteroatoms. The van der Waals surface area contributed by atoms with Crippen LogP contribution in [0.5, 0.6) is 0 Å². The predicted molar refractivity (Wildman–Crippen MR) is 130 cm³/mol. The van der Waals surface area contributed by atoms with Crippen molar-refractivity contribution >= 4 is 34.3 Å². The maximum atomic E-state index is 13.0. The number of hydrogen-bond acceptors (Lipinski definition) is 6. The molecule has 0 aliphatic rings. The van der Waals surface area contributed by atoms with Gasteiger partial charge in [-0.25, -0.2) is 4.98 Å². The van der Waals surface area contributed by atoms with Crippen molar-refractivity contribution in [1.29, 1.82) is 0 Å². The number of carbonyl (C=O) groups is 1. The van der Waals surface area contributed by atoms with Crippen LogP contribution in [0.2, 0.25) is 0 Å². The second-order valence-corrected chi connectivity index (χ2v) is 9.27. The highest BCUT2D eigenvalue weighted by atomic mass is 32.2.